The summed E-state index contributed by atoms with van der Waals surface area (Å²) in [4.78, 5) is 24.3. The SMILES string of the molecule is CCCS(=O)(=O)Nc1ccc(F)c(C(=O)c2c[nH]c3ncc(C(=C/N)/C=N/c4nn[nH]n4)cc23)c1F. The van der Waals surface area contributed by atoms with E-state index in [-0.39, 0.29) is 34.7 Å². The molecule has 0 amide bonds. The van der Waals surface area contributed by atoms with Crippen LogP contribution in [0.15, 0.2) is 41.8 Å². The maximum Gasteiger partial charge on any atom is 0.288 e. The van der Waals surface area contributed by atoms with Crippen LogP contribution in [0.25, 0.3) is 16.6 Å². The number of halogens is 2. The maximum atomic E-state index is 15.2. The zero-order chi connectivity index (χ0) is 25.9. The zero-order valence-corrected chi connectivity index (χ0v) is 19.5. The van der Waals surface area contributed by atoms with Gasteiger partial charge in [0.15, 0.2) is 5.82 Å². The summed E-state index contributed by atoms with van der Waals surface area (Å²) in [5.41, 5.74) is 5.28. The smallest absolute Gasteiger partial charge is 0.288 e. The summed E-state index contributed by atoms with van der Waals surface area (Å²) in [6, 6.07) is 3.28. The molecule has 12 nitrogen and oxygen atoms in total. The van der Waals surface area contributed by atoms with Gasteiger partial charge in [0, 0.05) is 46.9 Å². The molecule has 0 aliphatic carbocycles. The van der Waals surface area contributed by atoms with Crippen LogP contribution in [-0.4, -0.2) is 56.8 Å². The standard InChI is InChI=1S/C21H19F2N9O3S/c1-2-5-36(34,35)30-16-4-3-15(22)17(18(16)23)19(33)14-10-26-20-13(14)6-11(8-25-20)12(7-24)9-27-21-28-31-32-29-21/h3-4,6-10,30H,2,5,24H2,1H3,(H,25,26)(H,28,29,31,32)/b12-7+,27-9+. The minimum absolute atomic E-state index is 0.0568. The Hall–Kier alpha value is -4.53. The Balaban J connectivity index is 1.73. The van der Waals surface area contributed by atoms with E-state index in [1.165, 1.54) is 30.9 Å². The molecule has 186 valence electrons. The molecule has 4 rings (SSSR count). The van der Waals surface area contributed by atoms with Crippen molar-refractivity contribution in [2.75, 3.05) is 10.5 Å². The lowest BCUT2D eigenvalue weighted by Gasteiger charge is -2.11. The van der Waals surface area contributed by atoms with Gasteiger partial charge in [-0.1, -0.05) is 12.0 Å². The number of tetrazole rings is 1. The van der Waals surface area contributed by atoms with E-state index in [4.69, 9.17) is 5.73 Å². The number of benzene rings is 1. The van der Waals surface area contributed by atoms with Crippen molar-refractivity contribution in [2.45, 2.75) is 13.3 Å². The molecule has 15 heteroatoms. The number of nitrogens with zero attached hydrogens (tertiary/aromatic N) is 5. The molecule has 0 atom stereocenters. The number of pyridine rings is 1. The van der Waals surface area contributed by atoms with Gasteiger partial charge in [-0.05, 0) is 29.8 Å². The van der Waals surface area contributed by atoms with Gasteiger partial charge in [0.25, 0.3) is 5.95 Å². The van der Waals surface area contributed by atoms with Crippen LogP contribution < -0.4 is 10.5 Å². The first-order valence-electron chi connectivity index (χ1n) is 10.4. The van der Waals surface area contributed by atoms with Crippen molar-refractivity contribution in [3.05, 3.63) is 65.1 Å². The first-order valence-corrected chi connectivity index (χ1v) is 12.1. The lowest BCUT2D eigenvalue weighted by atomic mass is 10.00. The predicted octanol–water partition coefficient (Wildman–Crippen LogP) is 2.44. The van der Waals surface area contributed by atoms with Gasteiger partial charge < -0.3 is 10.7 Å². The number of allylic oxidation sites excluding steroid dienone is 1. The molecule has 0 unspecified atom stereocenters. The Bertz CT molecular complexity index is 1600. The second-order valence-electron chi connectivity index (χ2n) is 7.45. The average molecular weight is 516 g/mol. The predicted molar refractivity (Wildman–Crippen MR) is 128 cm³/mol. The Morgan fingerprint density at radius 1 is 1.31 bits per heavy atom. The second-order valence-corrected chi connectivity index (χ2v) is 9.29. The highest BCUT2D eigenvalue weighted by Crippen LogP contribution is 2.28. The van der Waals surface area contributed by atoms with E-state index < -0.39 is 38.7 Å². The van der Waals surface area contributed by atoms with Crippen molar-refractivity contribution < 1.29 is 22.0 Å². The number of hydrogen-bond donors (Lipinski definition) is 4. The van der Waals surface area contributed by atoms with Crippen molar-refractivity contribution in [2.24, 2.45) is 10.7 Å². The summed E-state index contributed by atoms with van der Waals surface area (Å²) in [6.45, 7) is 1.64. The van der Waals surface area contributed by atoms with Gasteiger partial charge >= 0.3 is 0 Å². The summed E-state index contributed by atoms with van der Waals surface area (Å²) >= 11 is 0. The number of ketones is 1. The highest BCUT2D eigenvalue weighted by atomic mass is 32.2. The molecular formula is C21H19F2N9O3S. The zero-order valence-electron chi connectivity index (χ0n) is 18.7. The fourth-order valence-corrected chi connectivity index (χ4v) is 4.50. The lowest BCUT2D eigenvalue weighted by Crippen LogP contribution is -2.18. The Morgan fingerprint density at radius 3 is 2.81 bits per heavy atom. The fourth-order valence-electron chi connectivity index (χ4n) is 3.36. The van der Waals surface area contributed by atoms with Gasteiger partial charge in [-0.2, -0.15) is 5.21 Å². The van der Waals surface area contributed by atoms with Crippen LogP contribution in [0, 0.1) is 11.6 Å². The summed E-state index contributed by atoms with van der Waals surface area (Å²) < 4.78 is 56.0. The molecule has 0 radical (unpaired) electrons. The molecule has 1 aromatic carbocycles. The molecule has 0 saturated carbocycles. The topological polar surface area (TPSA) is 185 Å². The number of rotatable bonds is 9. The molecule has 0 saturated heterocycles. The van der Waals surface area contributed by atoms with E-state index >= 15 is 4.39 Å². The van der Waals surface area contributed by atoms with Crippen molar-refractivity contribution in [3.8, 4) is 0 Å². The van der Waals surface area contributed by atoms with Crippen molar-refractivity contribution in [3.63, 3.8) is 0 Å². The molecular weight excluding hydrogens is 496 g/mol. The third-order valence-electron chi connectivity index (χ3n) is 5.00. The number of anilines is 1. The Labute approximate surface area is 202 Å². The van der Waals surface area contributed by atoms with Crippen molar-refractivity contribution in [1.29, 1.82) is 0 Å². The summed E-state index contributed by atoms with van der Waals surface area (Å²) in [6.07, 6.45) is 5.60. The number of carbonyl (C=O) groups excluding carboxylic acids is 1. The third-order valence-corrected chi connectivity index (χ3v) is 6.47. The van der Waals surface area contributed by atoms with Crippen LogP contribution in [-0.2, 0) is 10.0 Å². The van der Waals surface area contributed by atoms with E-state index in [1.54, 1.807) is 6.92 Å². The van der Waals surface area contributed by atoms with Gasteiger partial charge in [-0.3, -0.25) is 9.52 Å². The van der Waals surface area contributed by atoms with Crippen LogP contribution in [0.2, 0.25) is 0 Å². The van der Waals surface area contributed by atoms with Gasteiger partial charge in [0.1, 0.15) is 11.5 Å². The minimum Gasteiger partial charge on any atom is -0.404 e. The highest BCUT2D eigenvalue weighted by Gasteiger charge is 2.26. The molecule has 0 fully saturated rings. The van der Waals surface area contributed by atoms with Crippen LogP contribution in [0.1, 0.15) is 34.8 Å². The Kier molecular flexibility index (Phi) is 6.82. The largest absolute Gasteiger partial charge is 0.404 e. The van der Waals surface area contributed by atoms with Crippen LogP contribution in [0.5, 0.6) is 0 Å². The van der Waals surface area contributed by atoms with E-state index in [0.29, 0.717) is 11.1 Å². The Morgan fingerprint density at radius 2 is 2.11 bits per heavy atom. The number of hydrogen-bond acceptors (Lipinski definition) is 9. The number of aliphatic imine (C=N–C) groups is 1. The quantitative estimate of drug-likeness (QED) is 0.193. The highest BCUT2D eigenvalue weighted by molar-refractivity contribution is 7.92. The van der Waals surface area contributed by atoms with E-state index in [1.807, 2.05) is 0 Å². The van der Waals surface area contributed by atoms with Gasteiger partial charge in [-0.15, -0.1) is 5.10 Å². The fraction of sp³-hybridized carbons (Fsp3) is 0.143. The molecule has 0 aliphatic rings. The molecule has 5 N–H and O–H groups in total. The number of nitrogens with one attached hydrogen (secondary N) is 3. The number of aromatic amines is 2. The number of nitrogens with two attached hydrogens (primary N) is 1. The lowest BCUT2D eigenvalue weighted by molar-refractivity contribution is 0.103. The van der Waals surface area contributed by atoms with Gasteiger partial charge in [-0.25, -0.2) is 27.2 Å². The van der Waals surface area contributed by atoms with E-state index in [0.717, 1.165) is 12.1 Å². The first-order chi connectivity index (χ1) is 17.2. The van der Waals surface area contributed by atoms with Gasteiger partial charge in [0.2, 0.25) is 15.8 Å². The van der Waals surface area contributed by atoms with E-state index in [9.17, 15) is 17.6 Å². The molecule has 0 spiro atoms. The number of carbonyl (C=O) groups is 1. The van der Waals surface area contributed by atoms with Crippen molar-refractivity contribution >= 4 is 50.3 Å². The molecule has 3 heterocycles. The first kappa shape index (κ1) is 24.6. The normalized spacial score (nSPS) is 12.5. The van der Waals surface area contributed by atoms with Gasteiger partial charge in [0.05, 0.1) is 17.0 Å². The second kappa shape index (κ2) is 9.99. The number of H-pyrrole nitrogens is 2. The third kappa shape index (κ3) is 4.95. The van der Waals surface area contributed by atoms with E-state index in [2.05, 4.69) is 40.3 Å². The monoisotopic (exact) mass is 515 g/mol. The molecule has 4 aromatic rings. The summed E-state index contributed by atoms with van der Waals surface area (Å²) in [7, 11) is -3.88. The van der Waals surface area contributed by atoms with Crippen LogP contribution in [0.4, 0.5) is 20.4 Å². The summed E-state index contributed by atoms with van der Waals surface area (Å²) in [5.74, 6) is -3.69. The molecule has 0 bridgehead atoms. The van der Waals surface area contributed by atoms with Crippen LogP contribution in [0.3, 0.4) is 0 Å². The molecule has 3 aromatic heterocycles. The number of fused-ring (bicyclic) bond motifs is 1. The molecule has 36 heavy (non-hydrogen) atoms. The minimum atomic E-state index is -3.88. The van der Waals surface area contributed by atoms with Crippen LogP contribution >= 0.6 is 0 Å². The maximum absolute atomic E-state index is 15.2. The summed E-state index contributed by atoms with van der Waals surface area (Å²) in [5, 5.41) is 13.3. The molecule has 0 aliphatic heterocycles. The number of aromatic nitrogens is 6. The average Bonchev–Trinajstić information content (AvgIpc) is 3.51. The number of sulfonamides is 1. The van der Waals surface area contributed by atoms with Crippen molar-refractivity contribution in [1.82, 2.24) is 30.6 Å².